The van der Waals surface area contributed by atoms with Crippen LogP contribution in [0.15, 0.2) is 30.3 Å². The molecule has 0 saturated heterocycles. The molecule has 14 heavy (non-hydrogen) atoms. The molecule has 0 aliphatic carbocycles. The molecule has 0 fully saturated rings. The normalized spacial score (nSPS) is 12.4. The van der Waals surface area contributed by atoms with E-state index in [2.05, 4.69) is 19.1 Å². The number of hydrogen-bond donors (Lipinski definition) is 1. The van der Waals surface area contributed by atoms with Gasteiger partial charge in [-0.3, -0.25) is 0 Å². The Morgan fingerprint density at radius 1 is 1.43 bits per heavy atom. The van der Waals surface area contributed by atoms with Crippen LogP contribution >= 0.6 is 0 Å². The van der Waals surface area contributed by atoms with Gasteiger partial charge in [0.25, 0.3) is 0 Å². The molecule has 1 N–H and O–H groups in total. The number of carbonyl (C=O) groups is 1. The summed E-state index contributed by atoms with van der Waals surface area (Å²) in [7, 11) is 0. The zero-order valence-electron chi connectivity index (χ0n) is 8.14. The Morgan fingerprint density at radius 3 is 2.64 bits per heavy atom. The fraction of sp³-hybridized carbons (Fsp3) is 0.364. The number of carboxylic acids is 1. The topological polar surface area (TPSA) is 37.3 Å². The first-order valence-electron chi connectivity index (χ1n) is 4.62. The van der Waals surface area contributed by atoms with Gasteiger partial charge in [0.15, 0.2) is 0 Å². The van der Waals surface area contributed by atoms with Gasteiger partial charge < -0.3 is 0 Å². The van der Waals surface area contributed by atoms with Gasteiger partial charge in [-0.1, -0.05) is 0 Å². The summed E-state index contributed by atoms with van der Waals surface area (Å²) in [6.07, 6.45) is 1.07. The minimum atomic E-state index is -0.694. The van der Waals surface area contributed by atoms with Crippen LogP contribution in [0.1, 0.15) is 19.8 Å². The minimum absolute atomic E-state index is 0.287. The second-order valence-electron chi connectivity index (χ2n) is 3.17. The maximum atomic E-state index is 10.4. The van der Waals surface area contributed by atoms with E-state index in [0.717, 1.165) is 6.42 Å². The van der Waals surface area contributed by atoms with E-state index < -0.39 is 5.97 Å². The Balaban J connectivity index is 2.34. The number of hydrogen-bond acceptors (Lipinski definition) is 1. The number of rotatable bonds is 5. The van der Waals surface area contributed by atoms with Crippen molar-refractivity contribution in [1.29, 1.82) is 0 Å². The SMILES string of the molecule is CC(CCC(=O)O)[Se]c1ccccc1. The Morgan fingerprint density at radius 2 is 2.07 bits per heavy atom. The summed E-state index contributed by atoms with van der Waals surface area (Å²) >= 11 is 0.400. The van der Waals surface area contributed by atoms with Crippen molar-refractivity contribution in [2.24, 2.45) is 0 Å². The molecule has 2 nitrogen and oxygen atoms in total. The molecule has 0 bridgehead atoms. The molecule has 0 saturated carbocycles. The number of benzene rings is 1. The van der Waals surface area contributed by atoms with Crippen molar-refractivity contribution < 1.29 is 9.90 Å². The monoisotopic (exact) mass is 258 g/mol. The van der Waals surface area contributed by atoms with E-state index in [1.807, 2.05) is 18.2 Å². The van der Waals surface area contributed by atoms with Crippen LogP contribution in [0.5, 0.6) is 0 Å². The average molecular weight is 257 g/mol. The Kier molecular flexibility index (Phi) is 4.71. The molecule has 1 atom stereocenters. The molecule has 0 aromatic heterocycles. The third-order valence-electron chi connectivity index (χ3n) is 1.85. The van der Waals surface area contributed by atoms with Crippen molar-refractivity contribution in [3.05, 3.63) is 30.3 Å². The molecule has 76 valence electrons. The predicted octanol–water partition coefficient (Wildman–Crippen LogP) is 1.69. The molecule has 0 aliphatic rings. The first kappa shape index (κ1) is 11.3. The summed E-state index contributed by atoms with van der Waals surface area (Å²) in [5.74, 6) is -0.694. The zero-order valence-corrected chi connectivity index (χ0v) is 9.86. The van der Waals surface area contributed by atoms with Gasteiger partial charge in [0.1, 0.15) is 0 Å². The van der Waals surface area contributed by atoms with Crippen molar-refractivity contribution in [3.63, 3.8) is 0 Å². The van der Waals surface area contributed by atoms with Crippen LogP contribution in [0.2, 0.25) is 4.82 Å². The third-order valence-corrected chi connectivity index (χ3v) is 4.33. The Hall–Kier alpha value is -0.791. The number of carboxylic acid groups (broad SMARTS) is 1. The van der Waals surface area contributed by atoms with E-state index >= 15 is 0 Å². The van der Waals surface area contributed by atoms with Crippen molar-refractivity contribution in [1.82, 2.24) is 0 Å². The second-order valence-corrected chi connectivity index (χ2v) is 6.35. The molecule has 0 heterocycles. The van der Waals surface area contributed by atoms with Crippen LogP contribution in [0.4, 0.5) is 0 Å². The molecular weight excluding hydrogens is 243 g/mol. The average Bonchev–Trinajstić information content (AvgIpc) is 2.16. The van der Waals surface area contributed by atoms with Gasteiger partial charge in [-0.05, 0) is 0 Å². The van der Waals surface area contributed by atoms with Crippen LogP contribution in [-0.2, 0) is 4.79 Å². The Bertz CT molecular complexity index is 285. The molecule has 1 unspecified atom stereocenters. The summed E-state index contributed by atoms with van der Waals surface area (Å²) in [5.41, 5.74) is 0. The quantitative estimate of drug-likeness (QED) is 0.815. The van der Waals surface area contributed by atoms with Crippen molar-refractivity contribution in [3.8, 4) is 0 Å². The summed E-state index contributed by atoms with van der Waals surface area (Å²) in [4.78, 5) is 10.9. The van der Waals surface area contributed by atoms with Gasteiger partial charge in [-0.25, -0.2) is 0 Å². The summed E-state index contributed by atoms with van der Waals surface area (Å²) in [6, 6.07) is 10.3. The van der Waals surface area contributed by atoms with E-state index in [9.17, 15) is 4.79 Å². The fourth-order valence-electron chi connectivity index (χ4n) is 1.12. The van der Waals surface area contributed by atoms with Gasteiger partial charge in [0, 0.05) is 0 Å². The standard InChI is InChI=1S/C11H14O2Se/c1-9(7-8-11(12)13)14-10-5-3-2-4-6-10/h2-6,9H,7-8H2,1H3,(H,12,13). The van der Waals surface area contributed by atoms with E-state index in [1.54, 1.807) is 0 Å². The van der Waals surface area contributed by atoms with Crippen LogP contribution in [0.3, 0.4) is 0 Å². The molecular formula is C11H14O2Se. The third kappa shape index (κ3) is 4.45. The maximum absolute atomic E-state index is 10.4. The number of aliphatic carboxylic acids is 1. The van der Waals surface area contributed by atoms with Crippen LogP contribution < -0.4 is 4.46 Å². The van der Waals surface area contributed by atoms with Gasteiger partial charge in [-0.15, -0.1) is 0 Å². The molecule has 3 heteroatoms. The van der Waals surface area contributed by atoms with Crippen LogP contribution in [0.25, 0.3) is 0 Å². The van der Waals surface area contributed by atoms with E-state index in [0.29, 0.717) is 19.8 Å². The Labute approximate surface area is 90.5 Å². The van der Waals surface area contributed by atoms with Crippen molar-refractivity contribution >= 4 is 25.4 Å². The molecule has 1 aromatic rings. The van der Waals surface area contributed by atoms with Crippen LogP contribution in [0, 0.1) is 0 Å². The van der Waals surface area contributed by atoms with Gasteiger partial charge in [-0.2, -0.15) is 0 Å². The van der Waals surface area contributed by atoms with E-state index in [1.165, 1.54) is 4.46 Å². The van der Waals surface area contributed by atoms with Crippen molar-refractivity contribution in [2.75, 3.05) is 0 Å². The first-order valence-corrected chi connectivity index (χ1v) is 6.46. The van der Waals surface area contributed by atoms with E-state index in [-0.39, 0.29) is 6.42 Å². The molecule has 0 radical (unpaired) electrons. The van der Waals surface area contributed by atoms with Gasteiger partial charge in [0.2, 0.25) is 0 Å². The van der Waals surface area contributed by atoms with Crippen molar-refractivity contribution in [2.45, 2.75) is 24.6 Å². The first-order chi connectivity index (χ1) is 6.68. The summed E-state index contributed by atoms with van der Waals surface area (Å²) in [5, 5.41) is 8.54. The molecule has 1 rings (SSSR count). The van der Waals surface area contributed by atoms with Crippen LogP contribution in [-0.4, -0.2) is 26.0 Å². The summed E-state index contributed by atoms with van der Waals surface area (Å²) < 4.78 is 1.35. The zero-order chi connectivity index (χ0) is 10.4. The molecule has 0 amide bonds. The molecule has 1 aromatic carbocycles. The second kappa shape index (κ2) is 5.84. The fourth-order valence-corrected chi connectivity index (χ4v) is 3.25. The molecule has 0 aliphatic heterocycles. The van der Waals surface area contributed by atoms with E-state index in [4.69, 9.17) is 5.11 Å². The predicted molar refractivity (Wildman–Crippen MR) is 58.1 cm³/mol. The molecule has 0 spiro atoms. The van der Waals surface area contributed by atoms with Gasteiger partial charge >= 0.3 is 90.2 Å². The summed E-state index contributed by atoms with van der Waals surface area (Å²) in [6.45, 7) is 2.12. The van der Waals surface area contributed by atoms with Gasteiger partial charge in [0.05, 0.1) is 0 Å².